The van der Waals surface area contributed by atoms with Gasteiger partial charge in [0.05, 0.1) is 32.2 Å². The van der Waals surface area contributed by atoms with Gasteiger partial charge in [0.1, 0.15) is 11.8 Å². The van der Waals surface area contributed by atoms with Crippen LogP contribution in [0.2, 0.25) is 10.0 Å². The Kier molecular flexibility index (Phi) is 7.89. The van der Waals surface area contributed by atoms with Crippen molar-refractivity contribution in [3.05, 3.63) is 108 Å². The van der Waals surface area contributed by atoms with Gasteiger partial charge >= 0.3 is 11.0 Å². The number of nitrogens with zero attached hydrogens (tertiary/aromatic N) is 2. The first-order valence-corrected chi connectivity index (χ1v) is 15.6. The number of rotatable bonds is 5. The van der Waals surface area contributed by atoms with Gasteiger partial charge in [-0.2, -0.15) is 13.2 Å². The van der Waals surface area contributed by atoms with E-state index in [9.17, 15) is 32.3 Å². The Hall–Kier alpha value is -3.58. The molecule has 6 rings (SSSR count). The Labute approximate surface area is 266 Å². The monoisotopic (exact) mass is 677 g/mol. The van der Waals surface area contributed by atoms with Gasteiger partial charge in [0, 0.05) is 16.5 Å². The molecule has 3 amide bonds. The molecule has 7 nitrogen and oxygen atoms in total. The number of nitrogens with one attached hydrogen (secondary N) is 1. The molecule has 3 heterocycles. The molecular formula is C30H20Cl2F3N3O4S2. The van der Waals surface area contributed by atoms with E-state index in [2.05, 4.69) is 5.32 Å². The van der Waals surface area contributed by atoms with Crippen molar-refractivity contribution in [1.29, 1.82) is 0 Å². The highest BCUT2D eigenvalue weighted by Gasteiger charge is 2.57. The molecule has 226 valence electrons. The largest absolute Gasteiger partial charge is 0.416 e. The van der Waals surface area contributed by atoms with Gasteiger partial charge in [-0.25, -0.2) is 4.90 Å². The number of carbonyl (C=O) groups excluding carboxylic acids is 3. The van der Waals surface area contributed by atoms with Crippen molar-refractivity contribution >= 4 is 75.4 Å². The third kappa shape index (κ3) is 5.33. The average Bonchev–Trinajstić information content (AvgIpc) is 3.41. The van der Waals surface area contributed by atoms with E-state index in [0.29, 0.717) is 21.2 Å². The van der Waals surface area contributed by atoms with E-state index in [1.165, 1.54) is 10.6 Å². The molecule has 0 aliphatic carbocycles. The number of halogens is 5. The van der Waals surface area contributed by atoms with Gasteiger partial charge < -0.3 is 5.32 Å². The lowest BCUT2D eigenvalue weighted by atomic mass is 9.83. The highest BCUT2D eigenvalue weighted by Crippen LogP contribution is 2.55. The summed E-state index contributed by atoms with van der Waals surface area (Å²) in [4.78, 5) is 54.8. The molecule has 0 radical (unpaired) electrons. The Morgan fingerprint density at radius 3 is 2.39 bits per heavy atom. The quantitative estimate of drug-likeness (QED) is 0.230. The van der Waals surface area contributed by atoms with Crippen LogP contribution in [0.25, 0.3) is 0 Å². The predicted octanol–water partition coefficient (Wildman–Crippen LogP) is 6.98. The van der Waals surface area contributed by atoms with Gasteiger partial charge in [-0.05, 0) is 48.9 Å². The summed E-state index contributed by atoms with van der Waals surface area (Å²) in [6, 6.07) is 15.9. The molecule has 14 heteroatoms. The summed E-state index contributed by atoms with van der Waals surface area (Å²) in [5, 5.41) is 2.21. The zero-order valence-electron chi connectivity index (χ0n) is 22.5. The van der Waals surface area contributed by atoms with E-state index in [-0.39, 0.29) is 22.3 Å². The lowest BCUT2D eigenvalue weighted by Crippen LogP contribution is -2.33. The third-order valence-corrected chi connectivity index (χ3v) is 10.9. The number of carbonyl (C=O) groups is 3. The van der Waals surface area contributed by atoms with Crippen LogP contribution in [0.5, 0.6) is 0 Å². The Morgan fingerprint density at radius 2 is 1.68 bits per heavy atom. The van der Waals surface area contributed by atoms with Gasteiger partial charge in [0.25, 0.3) is 0 Å². The molecule has 0 bridgehead atoms. The van der Waals surface area contributed by atoms with Gasteiger partial charge in [0.15, 0.2) is 0 Å². The number of anilines is 2. The third-order valence-electron chi connectivity index (χ3n) is 7.43. The SMILES string of the molecule is Cc1ccc(NC(=O)Cn2c3c(sc2=O)C(c2cccc(Cl)c2Cl)C2C(=O)N(c4cccc(C(F)(F)F)c4)C(=O)C2S3)cc1. The number of alkyl halides is 3. The number of hydrogen-bond donors (Lipinski definition) is 1. The van der Waals surface area contributed by atoms with Crippen LogP contribution in [0, 0.1) is 12.8 Å². The second kappa shape index (κ2) is 11.4. The van der Waals surface area contributed by atoms with E-state index >= 15 is 0 Å². The molecule has 4 aromatic rings. The van der Waals surface area contributed by atoms with Crippen molar-refractivity contribution in [2.75, 3.05) is 10.2 Å². The van der Waals surface area contributed by atoms with Crippen LogP contribution >= 0.6 is 46.3 Å². The molecule has 44 heavy (non-hydrogen) atoms. The average molecular weight is 679 g/mol. The van der Waals surface area contributed by atoms with E-state index in [4.69, 9.17) is 23.2 Å². The molecule has 2 aliphatic heterocycles. The molecule has 3 atom stereocenters. The van der Waals surface area contributed by atoms with Crippen LogP contribution < -0.4 is 15.1 Å². The number of imide groups is 1. The maximum Gasteiger partial charge on any atom is 0.416 e. The lowest BCUT2D eigenvalue weighted by molar-refractivity contribution is -0.137. The van der Waals surface area contributed by atoms with Crippen molar-refractivity contribution < 1.29 is 27.6 Å². The number of benzene rings is 3. The summed E-state index contributed by atoms with van der Waals surface area (Å²) in [5.74, 6) is -4.02. The van der Waals surface area contributed by atoms with Gasteiger partial charge in [-0.1, -0.05) is 82.2 Å². The van der Waals surface area contributed by atoms with Crippen molar-refractivity contribution in [2.24, 2.45) is 5.92 Å². The van der Waals surface area contributed by atoms with Crippen molar-refractivity contribution in [1.82, 2.24) is 4.57 Å². The number of hydrogen-bond acceptors (Lipinski definition) is 6. The molecule has 1 N–H and O–H groups in total. The standard InChI is InChI=1S/C30H20Cl2F3N3O4S2/c1-14-8-10-16(11-9-14)36-20(39)13-37-28-25(44-29(37)42)21(18-6-3-7-19(31)23(18)32)22-24(43-28)27(41)38(26(22)40)17-5-2-4-15(12-17)30(33,34)35/h2-12,21-22,24H,13H2,1H3,(H,36,39). The van der Waals surface area contributed by atoms with E-state index in [1.54, 1.807) is 30.3 Å². The second-order valence-corrected chi connectivity index (χ2v) is 13.2. The summed E-state index contributed by atoms with van der Waals surface area (Å²) in [6.07, 6.45) is -4.69. The van der Waals surface area contributed by atoms with Crippen LogP contribution in [-0.4, -0.2) is 27.5 Å². The van der Waals surface area contributed by atoms with Crippen molar-refractivity contribution in [2.45, 2.75) is 35.8 Å². The fourth-order valence-electron chi connectivity index (χ4n) is 5.41. The van der Waals surface area contributed by atoms with E-state index in [0.717, 1.165) is 51.8 Å². The number of aromatic nitrogens is 1. The second-order valence-electron chi connectivity index (χ2n) is 10.3. The molecule has 2 aliphatic rings. The van der Waals surface area contributed by atoms with Crippen LogP contribution in [0.4, 0.5) is 24.5 Å². The highest BCUT2D eigenvalue weighted by molar-refractivity contribution is 8.00. The number of amides is 3. The highest BCUT2D eigenvalue weighted by atomic mass is 35.5. The fraction of sp³-hybridized carbons (Fsp3) is 0.200. The Bertz CT molecular complexity index is 1890. The Morgan fingerprint density at radius 1 is 0.977 bits per heavy atom. The smallest absolute Gasteiger partial charge is 0.325 e. The Balaban J connectivity index is 1.43. The number of thioether (sulfide) groups is 1. The molecule has 0 saturated carbocycles. The topological polar surface area (TPSA) is 88.5 Å². The maximum atomic E-state index is 14.0. The van der Waals surface area contributed by atoms with Crippen LogP contribution in [0.3, 0.4) is 0 Å². The molecular weight excluding hydrogens is 658 g/mol. The predicted molar refractivity (Wildman–Crippen MR) is 164 cm³/mol. The zero-order chi connectivity index (χ0) is 31.5. The summed E-state index contributed by atoms with van der Waals surface area (Å²) in [6.45, 7) is 1.53. The maximum absolute atomic E-state index is 14.0. The number of fused-ring (bicyclic) bond motifs is 2. The molecule has 1 saturated heterocycles. The summed E-state index contributed by atoms with van der Waals surface area (Å²) in [5.41, 5.74) is 0.666. The fourth-order valence-corrected chi connectivity index (χ4v) is 8.60. The lowest BCUT2D eigenvalue weighted by Gasteiger charge is -2.31. The summed E-state index contributed by atoms with van der Waals surface area (Å²) < 4.78 is 41.8. The van der Waals surface area contributed by atoms with Crippen LogP contribution in [0.15, 0.2) is 76.6 Å². The van der Waals surface area contributed by atoms with Crippen LogP contribution in [0.1, 0.15) is 27.5 Å². The minimum atomic E-state index is -4.69. The minimum Gasteiger partial charge on any atom is -0.325 e. The van der Waals surface area contributed by atoms with Crippen molar-refractivity contribution in [3.63, 3.8) is 0 Å². The zero-order valence-corrected chi connectivity index (χ0v) is 25.7. The first-order valence-electron chi connectivity index (χ1n) is 13.1. The van der Waals surface area contributed by atoms with Crippen molar-refractivity contribution in [3.8, 4) is 0 Å². The van der Waals surface area contributed by atoms with Crippen LogP contribution in [-0.2, 0) is 27.1 Å². The summed E-state index contributed by atoms with van der Waals surface area (Å²) in [7, 11) is 0. The molecule has 1 fully saturated rings. The number of thiazole rings is 1. The number of aryl methyl sites for hydroxylation is 1. The van der Waals surface area contributed by atoms with E-state index < -0.39 is 51.4 Å². The van der Waals surface area contributed by atoms with Gasteiger partial charge in [0.2, 0.25) is 17.7 Å². The first kappa shape index (κ1) is 30.4. The molecule has 0 spiro atoms. The summed E-state index contributed by atoms with van der Waals surface area (Å²) >= 11 is 14.7. The van der Waals surface area contributed by atoms with E-state index in [1.807, 2.05) is 19.1 Å². The molecule has 3 unspecified atom stereocenters. The normalized spacial score (nSPS) is 19.6. The molecule has 1 aromatic heterocycles. The van der Waals surface area contributed by atoms with Gasteiger partial charge in [-0.3, -0.25) is 23.7 Å². The minimum absolute atomic E-state index is 0.109. The first-order chi connectivity index (χ1) is 20.8. The molecule has 3 aromatic carbocycles. The van der Waals surface area contributed by atoms with Gasteiger partial charge in [-0.15, -0.1) is 0 Å².